The Morgan fingerprint density at radius 3 is 2.29 bits per heavy atom. The maximum Gasteiger partial charge on any atom is 0.191 e. The molecule has 0 amide bonds. The molecule has 1 aromatic heterocycles. The van der Waals surface area contributed by atoms with Crippen LogP contribution in [0.2, 0.25) is 0 Å². The predicted octanol–water partition coefficient (Wildman–Crippen LogP) is 2.04. The normalized spacial score (nSPS) is 15.1. The molecular formula is C20H22FN7. The van der Waals surface area contributed by atoms with Gasteiger partial charge in [0.25, 0.3) is 0 Å². The van der Waals surface area contributed by atoms with E-state index in [0.29, 0.717) is 12.5 Å². The maximum absolute atomic E-state index is 13.1. The number of guanidine groups is 1. The van der Waals surface area contributed by atoms with E-state index in [2.05, 4.69) is 24.9 Å². The molecule has 1 fully saturated rings. The first-order valence-corrected chi connectivity index (χ1v) is 9.18. The molecule has 0 bridgehead atoms. The summed E-state index contributed by atoms with van der Waals surface area (Å²) in [7, 11) is 0. The third-order valence-electron chi connectivity index (χ3n) is 4.84. The number of rotatable bonds is 4. The van der Waals surface area contributed by atoms with E-state index in [1.807, 2.05) is 36.4 Å². The van der Waals surface area contributed by atoms with Gasteiger partial charge in [-0.15, -0.1) is 0 Å². The lowest BCUT2D eigenvalue weighted by Gasteiger charge is -2.36. The first kappa shape index (κ1) is 18.0. The fraction of sp³-hybridized carbons (Fsp3) is 0.250. The zero-order valence-electron chi connectivity index (χ0n) is 15.4. The molecule has 2 N–H and O–H groups in total. The number of nitrogens with two attached hydrogens (primary N) is 1. The molecule has 0 spiro atoms. The van der Waals surface area contributed by atoms with Crippen molar-refractivity contribution in [2.45, 2.75) is 6.54 Å². The van der Waals surface area contributed by atoms with Crippen LogP contribution in [0.1, 0.15) is 5.56 Å². The summed E-state index contributed by atoms with van der Waals surface area (Å²) in [5.74, 6) is 0.340. The zero-order valence-corrected chi connectivity index (χ0v) is 15.4. The van der Waals surface area contributed by atoms with Gasteiger partial charge in [-0.05, 0) is 42.0 Å². The van der Waals surface area contributed by atoms with Crippen molar-refractivity contribution < 1.29 is 4.39 Å². The molecule has 0 saturated carbocycles. The summed E-state index contributed by atoms with van der Waals surface area (Å²) in [5, 5.41) is 4.11. The average molecular weight is 379 g/mol. The van der Waals surface area contributed by atoms with Crippen molar-refractivity contribution in [3.63, 3.8) is 0 Å². The van der Waals surface area contributed by atoms with Crippen LogP contribution in [0.25, 0.3) is 5.69 Å². The lowest BCUT2D eigenvalue weighted by Crippen LogP contribution is -2.51. The molecule has 1 saturated heterocycles. The van der Waals surface area contributed by atoms with Gasteiger partial charge in [-0.3, -0.25) is 0 Å². The summed E-state index contributed by atoms with van der Waals surface area (Å²) in [5.41, 5.74) is 9.26. The molecule has 0 atom stereocenters. The molecule has 28 heavy (non-hydrogen) atoms. The number of anilines is 1. The second kappa shape index (κ2) is 8.08. The molecule has 1 aliphatic rings. The maximum atomic E-state index is 13.1. The number of aliphatic imine (C=N–C) groups is 1. The topological polar surface area (TPSA) is 75.6 Å². The Morgan fingerprint density at radius 1 is 0.964 bits per heavy atom. The van der Waals surface area contributed by atoms with Crippen molar-refractivity contribution in [3.8, 4) is 5.69 Å². The Morgan fingerprint density at radius 2 is 1.64 bits per heavy atom. The Hall–Kier alpha value is -3.42. The van der Waals surface area contributed by atoms with Crippen LogP contribution in [0.4, 0.5) is 10.1 Å². The van der Waals surface area contributed by atoms with Crippen LogP contribution >= 0.6 is 0 Å². The molecule has 3 aromatic rings. The number of benzene rings is 2. The van der Waals surface area contributed by atoms with E-state index in [9.17, 15) is 4.39 Å². The molecule has 7 nitrogen and oxygen atoms in total. The fourth-order valence-corrected chi connectivity index (χ4v) is 3.21. The standard InChI is InChI=1S/C20H22FN7/c21-17-3-7-18(8-4-17)26-9-11-27(12-10-26)20(22)24-13-16-1-5-19(6-2-16)28-15-23-14-25-28/h1-8,14-15H,9-13H2,(H2,22,24). The third kappa shape index (κ3) is 4.11. The van der Waals surface area contributed by atoms with E-state index in [-0.39, 0.29) is 5.82 Å². The van der Waals surface area contributed by atoms with Gasteiger partial charge in [-0.1, -0.05) is 12.1 Å². The molecule has 0 radical (unpaired) electrons. The van der Waals surface area contributed by atoms with Gasteiger partial charge in [0, 0.05) is 31.9 Å². The van der Waals surface area contributed by atoms with Crippen LogP contribution < -0.4 is 10.6 Å². The fourth-order valence-electron chi connectivity index (χ4n) is 3.21. The highest BCUT2D eigenvalue weighted by Gasteiger charge is 2.18. The highest BCUT2D eigenvalue weighted by molar-refractivity contribution is 5.78. The monoisotopic (exact) mass is 379 g/mol. The number of hydrogen-bond acceptors (Lipinski definition) is 4. The molecule has 144 valence electrons. The average Bonchev–Trinajstić information content (AvgIpc) is 3.28. The van der Waals surface area contributed by atoms with Crippen molar-refractivity contribution in [1.29, 1.82) is 0 Å². The second-order valence-electron chi connectivity index (χ2n) is 6.63. The lowest BCUT2D eigenvalue weighted by molar-refractivity contribution is 0.380. The Labute approximate surface area is 162 Å². The molecular weight excluding hydrogens is 357 g/mol. The minimum absolute atomic E-state index is 0.215. The smallest absolute Gasteiger partial charge is 0.191 e. The van der Waals surface area contributed by atoms with Crippen molar-refractivity contribution >= 4 is 11.6 Å². The Bertz CT molecular complexity index is 912. The zero-order chi connectivity index (χ0) is 19.3. The van der Waals surface area contributed by atoms with Gasteiger partial charge < -0.3 is 15.5 Å². The van der Waals surface area contributed by atoms with Gasteiger partial charge in [0.05, 0.1) is 12.2 Å². The van der Waals surface area contributed by atoms with E-state index in [4.69, 9.17) is 5.73 Å². The van der Waals surface area contributed by atoms with Gasteiger partial charge in [0.15, 0.2) is 5.96 Å². The summed E-state index contributed by atoms with van der Waals surface area (Å²) in [6.45, 7) is 3.76. The molecule has 2 heterocycles. The Kier molecular flexibility index (Phi) is 5.18. The van der Waals surface area contributed by atoms with Crippen molar-refractivity contribution in [3.05, 3.63) is 72.6 Å². The largest absolute Gasteiger partial charge is 0.370 e. The minimum atomic E-state index is -0.215. The lowest BCUT2D eigenvalue weighted by atomic mass is 10.2. The van der Waals surface area contributed by atoms with Crippen LogP contribution in [0.15, 0.2) is 66.2 Å². The van der Waals surface area contributed by atoms with Crippen LogP contribution in [0.5, 0.6) is 0 Å². The molecule has 1 aliphatic heterocycles. The van der Waals surface area contributed by atoms with E-state index in [1.54, 1.807) is 11.0 Å². The van der Waals surface area contributed by atoms with Gasteiger partial charge in [0.1, 0.15) is 18.5 Å². The number of nitrogens with zero attached hydrogens (tertiary/aromatic N) is 6. The van der Waals surface area contributed by atoms with Gasteiger partial charge in [-0.25, -0.2) is 19.0 Å². The SMILES string of the molecule is NC(=NCc1ccc(-n2cncn2)cc1)N1CCN(c2ccc(F)cc2)CC1. The number of halogens is 1. The van der Waals surface area contributed by atoms with Gasteiger partial charge in [-0.2, -0.15) is 5.10 Å². The summed E-state index contributed by atoms with van der Waals surface area (Å²) in [4.78, 5) is 12.8. The summed E-state index contributed by atoms with van der Waals surface area (Å²) in [6.07, 6.45) is 3.17. The van der Waals surface area contributed by atoms with Crippen LogP contribution in [0.3, 0.4) is 0 Å². The molecule has 8 heteroatoms. The van der Waals surface area contributed by atoms with E-state index in [1.165, 1.54) is 18.5 Å². The highest BCUT2D eigenvalue weighted by atomic mass is 19.1. The van der Waals surface area contributed by atoms with E-state index in [0.717, 1.165) is 43.1 Å². The quantitative estimate of drug-likeness (QED) is 0.555. The summed E-state index contributed by atoms with van der Waals surface area (Å²) in [6, 6.07) is 14.6. The highest BCUT2D eigenvalue weighted by Crippen LogP contribution is 2.17. The van der Waals surface area contributed by atoms with E-state index >= 15 is 0 Å². The molecule has 4 rings (SSSR count). The van der Waals surface area contributed by atoms with Crippen molar-refractivity contribution in [2.75, 3.05) is 31.1 Å². The molecule has 2 aromatic carbocycles. The summed E-state index contributed by atoms with van der Waals surface area (Å²) >= 11 is 0. The second-order valence-corrected chi connectivity index (χ2v) is 6.63. The first-order chi connectivity index (χ1) is 13.7. The third-order valence-corrected chi connectivity index (χ3v) is 4.84. The van der Waals surface area contributed by atoms with Gasteiger partial charge >= 0.3 is 0 Å². The number of hydrogen-bond donors (Lipinski definition) is 1. The Balaban J connectivity index is 1.31. The van der Waals surface area contributed by atoms with E-state index < -0.39 is 0 Å². The number of aromatic nitrogens is 3. The minimum Gasteiger partial charge on any atom is -0.370 e. The first-order valence-electron chi connectivity index (χ1n) is 9.18. The van der Waals surface area contributed by atoms with Crippen LogP contribution in [-0.2, 0) is 6.54 Å². The number of piperazine rings is 1. The van der Waals surface area contributed by atoms with Crippen molar-refractivity contribution in [2.24, 2.45) is 10.7 Å². The molecule has 0 unspecified atom stereocenters. The van der Waals surface area contributed by atoms with Crippen molar-refractivity contribution in [1.82, 2.24) is 19.7 Å². The predicted molar refractivity (Wildman–Crippen MR) is 107 cm³/mol. The van der Waals surface area contributed by atoms with Gasteiger partial charge in [0.2, 0.25) is 0 Å². The summed E-state index contributed by atoms with van der Waals surface area (Å²) < 4.78 is 14.8. The molecule has 0 aliphatic carbocycles. The van der Waals surface area contributed by atoms with Crippen LogP contribution in [0, 0.1) is 5.82 Å². The van der Waals surface area contributed by atoms with Crippen LogP contribution in [-0.4, -0.2) is 51.8 Å².